The third-order valence-electron chi connectivity index (χ3n) is 4.05. The van der Waals surface area contributed by atoms with Gasteiger partial charge in [-0.25, -0.2) is 22.2 Å². The molecule has 28 heavy (non-hydrogen) atoms. The number of anilines is 1. The first-order valence-corrected chi connectivity index (χ1v) is 10.5. The molecule has 2 aliphatic heterocycles. The zero-order valence-electron chi connectivity index (χ0n) is 14.1. The molecule has 3 heterocycles. The molecule has 1 N–H and O–H groups in total. The van der Waals surface area contributed by atoms with Gasteiger partial charge in [-0.2, -0.15) is 0 Å². The normalized spacial score (nSPS) is 17.6. The van der Waals surface area contributed by atoms with E-state index in [4.69, 9.17) is 0 Å². The van der Waals surface area contributed by atoms with Crippen LogP contribution in [-0.2, 0) is 14.8 Å². The Balaban J connectivity index is 1.60. The summed E-state index contributed by atoms with van der Waals surface area (Å²) in [6.45, 7) is 0.191. The van der Waals surface area contributed by atoms with Crippen LogP contribution >= 0.6 is 11.3 Å². The van der Waals surface area contributed by atoms with Crippen LogP contribution in [0.15, 0.2) is 51.9 Å². The van der Waals surface area contributed by atoms with Gasteiger partial charge < -0.3 is 4.90 Å². The fraction of sp³-hybridized carbons (Fsp3) is 0.118. The number of rotatable bonds is 3. The van der Waals surface area contributed by atoms with E-state index in [2.05, 4.69) is 14.7 Å². The first-order chi connectivity index (χ1) is 13.3. The van der Waals surface area contributed by atoms with E-state index in [1.165, 1.54) is 17.5 Å². The number of carbonyl (C=O) groups excluding carboxylic acids is 1. The lowest BCUT2D eigenvalue weighted by molar-refractivity contribution is -0.112. The lowest BCUT2D eigenvalue weighted by atomic mass is 10.1. The number of hydrogen-bond acceptors (Lipinski definition) is 6. The van der Waals surface area contributed by atoms with Gasteiger partial charge in [0.25, 0.3) is 15.9 Å². The van der Waals surface area contributed by atoms with Crippen molar-refractivity contribution in [1.82, 2.24) is 9.88 Å². The SMILES string of the molecule is O=C(Nc1nc(-c2c(F)cccc2F)cs1)C1=CC=CN2CCS(=O)(=O)N=C12. The van der Waals surface area contributed by atoms with Crippen molar-refractivity contribution in [2.45, 2.75) is 0 Å². The fourth-order valence-corrected chi connectivity index (χ4v) is 4.43. The highest BCUT2D eigenvalue weighted by Gasteiger charge is 2.30. The predicted octanol–water partition coefficient (Wildman–Crippen LogP) is 2.52. The van der Waals surface area contributed by atoms with Gasteiger partial charge in [0.2, 0.25) is 0 Å². The number of sulfonamides is 1. The minimum atomic E-state index is -3.64. The van der Waals surface area contributed by atoms with Crippen molar-refractivity contribution in [3.8, 4) is 11.3 Å². The predicted molar refractivity (Wildman–Crippen MR) is 101 cm³/mol. The summed E-state index contributed by atoms with van der Waals surface area (Å²) in [5, 5.41) is 4.05. The molecule has 1 amide bonds. The van der Waals surface area contributed by atoms with Gasteiger partial charge in [-0.15, -0.1) is 15.7 Å². The van der Waals surface area contributed by atoms with Crippen molar-refractivity contribution in [3.63, 3.8) is 0 Å². The van der Waals surface area contributed by atoms with Gasteiger partial charge in [0.05, 0.1) is 22.6 Å². The molecule has 0 saturated carbocycles. The minimum Gasteiger partial charge on any atom is -0.331 e. The molecule has 0 atom stereocenters. The number of carbonyl (C=O) groups is 1. The van der Waals surface area contributed by atoms with Gasteiger partial charge in [-0.05, 0) is 24.3 Å². The number of halogens is 2. The van der Waals surface area contributed by atoms with E-state index < -0.39 is 27.6 Å². The van der Waals surface area contributed by atoms with Gasteiger partial charge in [0.15, 0.2) is 11.0 Å². The highest BCUT2D eigenvalue weighted by atomic mass is 32.2. The van der Waals surface area contributed by atoms with Gasteiger partial charge in [-0.1, -0.05) is 6.07 Å². The van der Waals surface area contributed by atoms with Crippen molar-refractivity contribution in [2.24, 2.45) is 4.40 Å². The fourth-order valence-electron chi connectivity index (χ4n) is 2.75. The van der Waals surface area contributed by atoms with E-state index in [0.717, 1.165) is 23.5 Å². The molecule has 1 aromatic carbocycles. The van der Waals surface area contributed by atoms with E-state index in [1.54, 1.807) is 17.2 Å². The summed E-state index contributed by atoms with van der Waals surface area (Å²) in [4.78, 5) is 18.2. The smallest absolute Gasteiger partial charge is 0.261 e. The van der Waals surface area contributed by atoms with Crippen molar-refractivity contribution in [1.29, 1.82) is 0 Å². The average Bonchev–Trinajstić information content (AvgIpc) is 3.08. The Labute approximate surface area is 162 Å². The van der Waals surface area contributed by atoms with Crippen LogP contribution in [0.2, 0.25) is 0 Å². The maximum Gasteiger partial charge on any atom is 0.261 e. The van der Waals surface area contributed by atoms with Crippen molar-refractivity contribution >= 4 is 38.2 Å². The highest BCUT2D eigenvalue weighted by Crippen LogP contribution is 2.29. The molecule has 0 bridgehead atoms. The molecule has 11 heteroatoms. The number of amidine groups is 1. The molecule has 0 fully saturated rings. The number of fused-ring (bicyclic) bond motifs is 1. The third kappa shape index (κ3) is 3.45. The number of benzene rings is 1. The van der Waals surface area contributed by atoms with Crippen LogP contribution in [0.1, 0.15) is 0 Å². The number of amides is 1. The molecule has 2 aliphatic rings. The first-order valence-electron chi connectivity index (χ1n) is 8.03. The second-order valence-corrected chi connectivity index (χ2v) is 8.52. The van der Waals surface area contributed by atoms with Gasteiger partial charge in [-0.3, -0.25) is 10.1 Å². The Hall–Kier alpha value is -2.92. The summed E-state index contributed by atoms with van der Waals surface area (Å²) in [6, 6.07) is 3.48. The van der Waals surface area contributed by atoms with Crippen molar-refractivity contribution in [2.75, 3.05) is 17.6 Å². The Morgan fingerprint density at radius 2 is 2.00 bits per heavy atom. The molecule has 0 saturated heterocycles. The minimum absolute atomic E-state index is 0.0307. The largest absolute Gasteiger partial charge is 0.331 e. The summed E-state index contributed by atoms with van der Waals surface area (Å²) in [5.74, 6) is -2.26. The van der Waals surface area contributed by atoms with Crippen LogP contribution in [-0.4, -0.2) is 42.3 Å². The molecule has 0 radical (unpaired) electrons. The maximum atomic E-state index is 13.9. The molecule has 144 valence electrons. The quantitative estimate of drug-likeness (QED) is 0.821. The van der Waals surface area contributed by atoms with E-state index in [0.29, 0.717) is 0 Å². The maximum absolute atomic E-state index is 13.9. The lowest BCUT2D eigenvalue weighted by Gasteiger charge is -2.28. The number of nitrogens with zero attached hydrogens (tertiary/aromatic N) is 3. The van der Waals surface area contributed by atoms with Gasteiger partial charge >= 0.3 is 0 Å². The molecule has 0 spiro atoms. The molecule has 1 aromatic heterocycles. The molecule has 0 unspecified atom stereocenters. The number of hydrogen-bond donors (Lipinski definition) is 1. The van der Waals surface area contributed by atoms with E-state index in [9.17, 15) is 22.0 Å². The summed E-state index contributed by atoms with van der Waals surface area (Å²) in [7, 11) is -3.64. The van der Waals surface area contributed by atoms with Crippen LogP contribution < -0.4 is 5.32 Å². The summed E-state index contributed by atoms with van der Waals surface area (Å²) < 4.78 is 55.0. The van der Waals surface area contributed by atoms with Crippen LogP contribution in [0.5, 0.6) is 0 Å². The number of aromatic nitrogens is 1. The van der Waals surface area contributed by atoms with E-state index in [1.807, 2.05) is 0 Å². The van der Waals surface area contributed by atoms with Crippen LogP contribution in [0.4, 0.5) is 13.9 Å². The third-order valence-corrected chi connectivity index (χ3v) is 5.95. The first kappa shape index (κ1) is 18.4. The van der Waals surface area contributed by atoms with Crippen LogP contribution in [0, 0.1) is 11.6 Å². The standard InChI is InChI=1S/C17H12F2N4O3S2/c18-11-4-1-5-12(19)14(11)13-9-27-17(20-13)21-16(24)10-3-2-6-23-7-8-28(25,26)22-15(10)23/h1-6,9H,7-8H2,(H,20,21,24). The number of thiazole rings is 1. The Morgan fingerprint density at radius 3 is 2.75 bits per heavy atom. The lowest BCUT2D eigenvalue weighted by Crippen LogP contribution is -2.40. The average molecular weight is 422 g/mol. The Morgan fingerprint density at radius 1 is 1.25 bits per heavy atom. The van der Waals surface area contributed by atoms with Crippen LogP contribution in [0.3, 0.4) is 0 Å². The number of allylic oxidation sites excluding steroid dienone is 2. The van der Waals surface area contributed by atoms with Crippen molar-refractivity contribution in [3.05, 3.63) is 59.1 Å². The van der Waals surface area contributed by atoms with E-state index in [-0.39, 0.29) is 40.1 Å². The summed E-state index contributed by atoms with van der Waals surface area (Å²) >= 11 is 0.990. The van der Waals surface area contributed by atoms with Crippen molar-refractivity contribution < 1.29 is 22.0 Å². The Bertz CT molecular complexity index is 1150. The monoisotopic (exact) mass is 422 g/mol. The van der Waals surface area contributed by atoms with Gasteiger partial charge in [0, 0.05) is 18.1 Å². The molecule has 0 aliphatic carbocycles. The topological polar surface area (TPSA) is 91.7 Å². The molecule has 2 aromatic rings. The highest BCUT2D eigenvalue weighted by molar-refractivity contribution is 7.90. The molecule has 4 rings (SSSR count). The zero-order valence-corrected chi connectivity index (χ0v) is 15.7. The second-order valence-electron chi connectivity index (χ2n) is 5.90. The van der Waals surface area contributed by atoms with Crippen LogP contribution in [0.25, 0.3) is 11.3 Å². The Kier molecular flexibility index (Phi) is 4.55. The van der Waals surface area contributed by atoms with E-state index >= 15 is 0 Å². The zero-order chi connectivity index (χ0) is 19.9. The second kappa shape index (κ2) is 6.91. The summed E-state index contributed by atoms with van der Waals surface area (Å²) in [5.41, 5.74) is -0.180. The molecular formula is C17H12F2N4O3S2. The number of nitrogens with one attached hydrogen (secondary N) is 1. The van der Waals surface area contributed by atoms with Gasteiger partial charge in [0.1, 0.15) is 11.6 Å². The molecule has 7 nitrogen and oxygen atoms in total. The summed E-state index contributed by atoms with van der Waals surface area (Å²) in [6.07, 6.45) is 4.68. The molecular weight excluding hydrogens is 410 g/mol.